The highest BCUT2D eigenvalue weighted by atomic mass is 79.9. The zero-order chi connectivity index (χ0) is 12.4. The molecule has 1 heterocycles. The van der Waals surface area contributed by atoms with Crippen molar-refractivity contribution in [2.75, 3.05) is 0 Å². The minimum Gasteiger partial charge on any atom is -0.300 e. The van der Waals surface area contributed by atoms with E-state index in [1.165, 1.54) is 6.07 Å². The molecule has 0 aliphatic rings. The van der Waals surface area contributed by atoms with Gasteiger partial charge < -0.3 is 4.57 Å². The summed E-state index contributed by atoms with van der Waals surface area (Å²) in [7, 11) is 0. The molecule has 17 heavy (non-hydrogen) atoms. The van der Waals surface area contributed by atoms with Crippen molar-refractivity contribution in [1.29, 1.82) is 0 Å². The summed E-state index contributed by atoms with van der Waals surface area (Å²) >= 11 is 8.39. The fraction of sp³-hybridized carbons (Fsp3) is 0.273. The molecule has 3 nitrogen and oxygen atoms in total. The van der Waals surface area contributed by atoms with Gasteiger partial charge in [-0.25, -0.2) is 4.39 Å². The van der Waals surface area contributed by atoms with E-state index in [0.717, 1.165) is 13.0 Å². The highest BCUT2D eigenvalue weighted by molar-refractivity contribution is 9.10. The SMILES string of the molecule is CCCn1c(-c2cccc(F)c2Br)n[nH]c1=S. The number of rotatable bonds is 3. The fourth-order valence-electron chi connectivity index (χ4n) is 1.63. The van der Waals surface area contributed by atoms with Crippen molar-refractivity contribution in [2.24, 2.45) is 0 Å². The molecule has 6 heteroatoms. The van der Waals surface area contributed by atoms with Gasteiger partial charge in [0.15, 0.2) is 10.6 Å². The molecule has 0 radical (unpaired) electrons. The van der Waals surface area contributed by atoms with Crippen molar-refractivity contribution in [3.05, 3.63) is 33.3 Å². The summed E-state index contributed by atoms with van der Waals surface area (Å²) in [5, 5.41) is 6.90. The lowest BCUT2D eigenvalue weighted by molar-refractivity contribution is 0.620. The number of nitrogens with one attached hydrogen (secondary N) is 1. The average molecular weight is 316 g/mol. The number of hydrogen-bond acceptors (Lipinski definition) is 2. The lowest BCUT2D eigenvalue weighted by Gasteiger charge is -2.07. The molecule has 0 spiro atoms. The molecular weight excluding hydrogens is 305 g/mol. The second-order valence-corrected chi connectivity index (χ2v) is 4.79. The molecule has 0 unspecified atom stereocenters. The maximum absolute atomic E-state index is 13.5. The van der Waals surface area contributed by atoms with Crippen LogP contribution in [0, 0.1) is 10.6 Å². The highest BCUT2D eigenvalue weighted by Gasteiger charge is 2.13. The summed E-state index contributed by atoms with van der Waals surface area (Å²) in [6.45, 7) is 2.81. The molecule has 0 atom stereocenters. The minimum absolute atomic E-state index is 0.306. The monoisotopic (exact) mass is 315 g/mol. The smallest absolute Gasteiger partial charge is 0.195 e. The Labute approximate surface area is 112 Å². The van der Waals surface area contributed by atoms with Crippen LogP contribution in [0.15, 0.2) is 22.7 Å². The van der Waals surface area contributed by atoms with Crippen LogP contribution in [0.4, 0.5) is 4.39 Å². The zero-order valence-electron chi connectivity index (χ0n) is 9.20. The number of benzene rings is 1. The van der Waals surface area contributed by atoms with E-state index in [9.17, 15) is 4.39 Å². The van der Waals surface area contributed by atoms with E-state index in [1.54, 1.807) is 6.07 Å². The van der Waals surface area contributed by atoms with Gasteiger partial charge in [-0.15, -0.1) is 0 Å². The molecule has 0 aliphatic carbocycles. The lowest BCUT2D eigenvalue weighted by Crippen LogP contribution is -2.00. The third kappa shape index (κ3) is 2.32. The van der Waals surface area contributed by atoms with Gasteiger partial charge in [0.05, 0.1) is 4.47 Å². The van der Waals surface area contributed by atoms with Gasteiger partial charge >= 0.3 is 0 Å². The Bertz CT molecular complexity index is 591. The Morgan fingerprint density at radius 1 is 1.53 bits per heavy atom. The highest BCUT2D eigenvalue weighted by Crippen LogP contribution is 2.29. The molecular formula is C11H11BrFN3S. The quantitative estimate of drug-likeness (QED) is 0.871. The number of aromatic amines is 1. The molecule has 0 bridgehead atoms. The van der Waals surface area contributed by atoms with Gasteiger partial charge in [0.1, 0.15) is 5.82 Å². The van der Waals surface area contributed by atoms with E-state index >= 15 is 0 Å². The third-order valence-corrected chi connectivity index (χ3v) is 3.52. The van der Waals surface area contributed by atoms with E-state index in [2.05, 4.69) is 33.1 Å². The summed E-state index contributed by atoms with van der Waals surface area (Å²) in [5.74, 6) is 0.350. The average Bonchev–Trinajstić information content (AvgIpc) is 2.66. The van der Waals surface area contributed by atoms with E-state index in [-0.39, 0.29) is 5.82 Å². The van der Waals surface area contributed by atoms with Gasteiger partial charge in [0, 0.05) is 12.1 Å². The molecule has 2 aromatic rings. The van der Waals surface area contributed by atoms with Gasteiger partial charge in [-0.1, -0.05) is 13.0 Å². The van der Waals surface area contributed by atoms with Gasteiger partial charge in [0.2, 0.25) is 0 Å². The van der Waals surface area contributed by atoms with Crippen molar-refractivity contribution in [1.82, 2.24) is 14.8 Å². The van der Waals surface area contributed by atoms with E-state index in [0.29, 0.717) is 20.6 Å². The lowest BCUT2D eigenvalue weighted by atomic mass is 10.2. The van der Waals surface area contributed by atoms with Crippen LogP contribution in [0.1, 0.15) is 13.3 Å². The Morgan fingerprint density at radius 2 is 2.29 bits per heavy atom. The third-order valence-electron chi connectivity index (χ3n) is 2.40. The van der Waals surface area contributed by atoms with Crippen LogP contribution in [0.3, 0.4) is 0 Å². The van der Waals surface area contributed by atoms with E-state index < -0.39 is 0 Å². The molecule has 2 rings (SSSR count). The normalized spacial score (nSPS) is 10.8. The van der Waals surface area contributed by atoms with Gasteiger partial charge in [-0.3, -0.25) is 5.10 Å². The Balaban J connectivity index is 2.60. The molecule has 1 N–H and O–H groups in total. The van der Waals surface area contributed by atoms with Crippen molar-refractivity contribution >= 4 is 28.1 Å². The van der Waals surface area contributed by atoms with Crippen LogP contribution in [-0.4, -0.2) is 14.8 Å². The molecule has 1 aromatic carbocycles. The molecule has 0 fully saturated rings. The number of aromatic nitrogens is 3. The summed E-state index contributed by atoms with van der Waals surface area (Å²) in [4.78, 5) is 0. The predicted molar refractivity (Wildman–Crippen MR) is 70.8 cm³/mol. The van der Waals surface area contributed by atoms with Crippen molar-refractivity contribution in [3.8, 4) is 11.4 Å². The number of nitrogens with zero attached hydrogens (tertiary/aromatic N) is 2. The first kappa shape index (κ1) is 12.4. The maximum atomic E-state index is 13.5. The van der Waals surface area contributed by atoms with Gasteiger partial charge in [0.25, 0.3) is 0 Å². The predicted octanol–water partition coefficient (Wildman–Crippen LogP) is 3.92. The van der Waals surface area contributed by atoms with Gasteiger partial charge in [-0.05, 0) is 46.7 Å². The maximum Gasteiger partial charge on any atom is 0.195 e. The number of H-pyrrole nitrogens is 1. The minimum atomic E-state index is -0.306. The fourth-order valence-corrected chi connectivity index (χ4v) is 2.30. The molecule has 0 saturated heterocycles. The molecule has 0 amide bonds. The van der Waals surface area contributed by atoms with Crippen LogP contribution in [0.2, 0.25) is 0 Å². The van der Waals surface area contributed by atoms with Crippen LogP contribution in [0.25, 0.3) is 11.4 Å². The number of halogens is 2. The number of hydrogen-bond donors (Lipinski definition) is 1. The van der Waals surface area contributed by atoms with Gasteiger partial charge in [-0.2, -0.15) is 5.10 Å². The standard InChI is InChI=1S/C11H11BrFN3S/c1-2-6-16-10(14-15-11(16)17)7-4-3-5-8(13)9(7)12/h3-5H,2,6H2,1H3,(H,15,17). The van der Waals surface area contributed by atoms with Crippen molar-refractivity contribution < 1.29 is 4.39 Å². The van der Waals surface area contributed by atoms with Crippen LogP contribution < -0.4 is 0 Å². The zero-order valence-corrected chi connectivity index (χ0v) is 11.6. The van der Waals surface area contributed by atoms with Crippen LogP contribution in [0.5, 0.6) is 0 Å². The van der Waals surface area contributed by atoms with E-state index in [1.807, 2.05) is 10.6 Å². The largest absolute Gasteiger partial charge is 0.300 e. The summed E-state index contributed by atoms with van der Waals surface area (Å²) < 4.78 is 16.3. The van der Waals surface area contributed by atoms with Crippen molar-refractivity contribution in [3.63, 3.8) is 0 Å². The molecule has 0 aliphatic heterocycles. The second-order valence-electron chi connectivity index (χ2n) is 3.61. The van der Waals surface area contributed by atoms with Crippen molar-refractivity contribution in [2.45, 2.75) is 19.9 Å². The summed E-state index contributed by atoms with van der Waals surface area (Å²) in [5.41, 5.74) is 0.700. The van der Waals surface area contributed by atoms with E-state index in [4.69, 9.17) is 12.2 Å². The topological polar surface area (TPSA) is 33.6 Å². The first-order valence-electron chi connectivity index (χ1n) is 5.24. The first-order chi connectivity index (χ1) is 8.15. The second kappa shape index (κ2) is 5.10. The Kier molecular flexibility index (Phi) is 3.73. The molecule has 90 valence electrons. The first-order valence-corrected chi connectivity index (χ1v) is 6.45. The van der Waals surface area contributed by atoms with Crippen LogP contribution in [-0.2, 0) is 6.54 Å². The molecule has 1 aromatic heterocycles. The Hall–Kier alpha value is -1.01. The summed E-state index contributed by atoms with van der Waals surface area (Å²) in [6, 6.07) is 4.87. The molecule has 0 saturated carbocycles. The Morgan fingerprint density at radius 3 is 3.00 bits per heavy atom. The van der Waals surface area contributed by atoms with Crippen LogP contribution >= 0.6 is 28.1 Å². The summed E-state index contributed by atoms with van der Waals surface area (Å²) in [6.07, 6.45) is 0.938.